The second-order valence-corrected chi connectivity index (χ2v) is 9.51. The van der Waals surface area contributed by atoms with Crippen molar-refractivity contribution in [1.29, 1.82) is 0 Å². The largest absolute Gasteiger partial charge is 0.497 e. The number of hydrogen-bond donors (Lipinski definition) is 0. The molecule has 4 rings (SSSR count). The second-order valence-electron chi connectivity index (χ2n) is 9.51. The summed E-state index contributed by atoms with van der Waals surface area (Å²) >= 11 is 0. The molecular weight excluding hydrogens is 352 g/mol. The Morgan fingerprint density at radius 2 is 1.93 bits per heavy atom. The van der Waals surface area contributed by atoms with Crippen LogP contribution in [0, 0.1) is 23.2 Å². The summed E-state index contributed by atoms with van der Waals surface area (Å²) in [6.07, 6.45) is 4.71. The topological polar surface area (TPSA) is 52.6 Å². The molecule has 0 saturated heterocycles. The lowest BCUT2D eigenvalue weighted by Crippen LogP contribution is -2.58. The Balaban J connectivity index is 1.75. The fourth-order valence-electron chi connectivity index (χ4n) is 7.29. The average Bonchev–Trinajstić information content (AvgIpc) is 2.93. The van der Waals surface area contributed by atoms with Crippen LogP contribution in [-0.2, 0) is 20.7 Å². The summed E-state index contributed by atoms with van der Waals surface area (Å²) in [7, 11) is 1.72. The van der Waals surface area contributed by atoms with Gasteiger partial charge in [0.1, 0.15) is 5.75 Å². The molecule has 0 N–H and O–H groups in total. The van der Waals surface area contributed by atoms with Gasteiger partial charge in [-0.3, -0.25) is 9.59 Å². The van der Waals surface area contributed by atoms with E-state index in [4.69, 9.17) is 9.47 Å². The van der Waals surface area contributed by atoms with E-state index in [1.54, 1.807) is 14.0 Å². The van der Waals surface area contributed by atoms with Gasteiger partial charge in [0.25, 0.3) is 0 Å². The van der Waals surface area contributed by atoms with Crippen molar-refractivity contribution in [3.05, 3.63) is 29.3 Å². The number of aryl methyl sites for hydroxylation is 1. The Kier molecular flexibility index (Phi) is 4.59. The molecule has 1 aromatic carbocycles. The van der Waals surface area contributed by atoms with Crippen LogP contribution in [0.2, 0.25) is 0 Å². The minimum Gasteiger partial charge on any atom is -0.497 e. The summed E-state index contributed by atoms with van der Waals surface area (Å²) in [4.78, 5) is 24.7. The van der Waals surface area contributed by atoms with Gasteiger partial charge in [0, 0.05) is 12.3 Å². The van der Waals surface area contributed by atoms with Crippen LogP contribution >= 0.6 is 0 Å². The lowest BCUT2D eigenvalue weighted by molar-refractivity contribution is -0.186. The number of rotatable bonds is 3. The molecule has 0 radical (unpaired) electrons. The van der Waals surface area contributed by atoms with Crippen molar-refractivity contribution in [2.24, 2.45) is 23.2 Å². The van der Waals surface area contributed by atoms with Crippen LogP contribution in [-0.4, -0.2) is 24.5 Å². The van der Waals surface area contributed by atoms with Crippen LogP contribution in [0.5, 0.6) is 5.75 Å². The van der Waals surface area contributed by atoms with Gasteiger partial charge in [0.05, 0.1) is 7.11 Å². The Hall–Kier alpha value is -1.84. The monoisotopic (exact) mass is 384 g/mol. The zero-order valence-electron chi connectivity index (χ0n) is 17.7. The number of carbonyl (C=O) groups is 2. The predicted molar refractivity (Wildman–Crippen MR) is 107 cm³/mol. The van der Waals surface area contributed by atoms with Crippen molar-refractivity contribution in [1.82, 2.24) is 0 Å². The minimum absolute atomic E-state index is 0.0132. The van der Waals surface area contributed by atoms with E-state index in [1.165, 1.54) is 18.1 Å². The van der Waals surface area contributed by atoms with E-state index in [0.29, 0.717) is 30.1 Å². The number of ketones is 1. The normalized spacial score (nSPS) is 38.8. The maximum Gasteiger partial charge on any atom is 0.303 e. The highest BCUT2D eigenvalue weighted by Gasteiger charge is 2.67. The molecule has 6 atom stereocenters. The number of carbonyl (C=O) groups excluding carboxylic acids is 2. The standard InChI is InChI=1S/C24H32O4/c1-14-13-23(4)21(10-11-24(23,15(2)25)28-16(3)26)20-8-6-17-12-18(27-5)7-9-19(17)22(14)20/h7,9,12,14,20-22H,6,8,10-11,13H2,1-5H3/t14-,20+,21-,22-,23+,24+/m0/s1. The molecular formula is C24H32O4. The Morgan fingerprint density at radius 3 is 2.57 bits per heavy atom. The first-order chi connectivity index (χ1) is 13.2. The lowest BCUT2D eigenvalue weighted by Gasteiger charge is -2.55. The molecule has 2 saturated carbocycles. The summed E-state index contributed by atoms with van der Waals surface area (Å²) in [6.45, 7) is 7.57. The van der Waals surface area contributed by atoms with Crippen molar-refractivity contribution >= 4 is 11.8 Å². The number of esters is 1. The maximum absolute atomic E-state index is 12.8. The predicted octanol–water partition coefficient (Wildman–Crippen LogP) is 4.69. The highest BCUT2D eigenvalue weighted by molar-refractivity contribution is 5.89. The molecule has 0 amide bonds. The zero-order valence-corrected chi connectivity index (χ0v) is 17.7. The van der Waals surface area contributed by atoms with Gasteiger partial charge >= 0.3 is 5.97 Å². The first-order valence-corrected chi connectivity index (χ1v) is 10.6. The van der Waals surface area contributed by atoms with Crippen LogP contribution in [0.1, 0.15) is 70.4 Å². The molecule has 28 heavy (non-hydrogen) atoms. The van der Waals surface area contributed by atoms with E-state index in [0.717, 1.165) is 31.4 Å². The molecule has 1 aromatic rings. The van der Waals surface area contributed by atoms with E-state index in [2.05, 4.69) is 32.0 Å². The molecule has 0 bridgehead atoms. The average molecular weight is 385 g/mol. The fraction of sp³-hybridized carbons (Fsp3) is 0.667. The molecule has 0 unspecified atom stereocenters. The van der Waals surface area contributed by atoms with Crippen molar-refractivity contribution in [3.63, 3.8) is 0 Å². The molecule has 0 heterocycles. The Labute approximate surface area is 168 Å². The summed E-state index contributed by atoms with van der Waals surface area (Å²) in [5, 5.41) is 0. The third-order valence-electron chi connectivity index (χ3n) is 8.23. The van der Waals surface area contributed by atoms with Crippen LogP contribution in [0.25, 0.3) is 0 Å². The summed E-state index contributed by atoms with van der Waals surface area (Å²) < 4.78 is 11.3. The molecule has 0 aliphatic heterocycles. The van der Waals surface area contributed by atoms with E-state index in [-0.39, 0.29) is 17.2 Å². The van der Waals surface area contributed by atoms with Gasteiger partial charge in [-0.1, -0.05) is 19.9 Å². The second kappa shape index (κ2) is 6.60. The van der Waals surface area contributed by atoms with Gasteiger partial charge < -0.3 is 9.47 Å². The third kappa shape index (κ3) is 2.56. The fourth-order valence-corrected chi connectivity index (χ4v) is 7.29. The Bertz CT molecular complexity index is 815. The van der Waals surface area contributed by atoms with E-state index in [1.807, 2.05) is 0 Å². The number of benzene rings is 1. The van der Waals surface area contributed by atoms with Gasteiger partial charge in [-0.05, 0) is 86.0 Å². The van der Waals surface area contributed by atoms with Crippen molar-refractivity contribution in [2.75, 3.05) is 7.11 Å². The van der Waals surface area contributed by atoms with Crippen molar-refractivity contribution in [3.8, 4) is 5.75 Å². The van der Waals surface area contributed by atoms with Gasteiger partial charge in [-0.15, -0.1) is 0 Å². The highest BCUT2D eigenvalue weighted by atomic mass is 16.6. The summed E-state index contributed by atoms with van der Waals surface area (Å²) in [5.41, 5.74) is 1.63. The number of Topliss-reactive ketones (excluding diaryl/α,β-unsaturated/α-hetero) is 1. The van der Waals surface area contributed by atoms with Crippen LogP contribution in [0.3, 0.4) is 0 Å². The summed E-state index contributed by atoms with van der Waals surface area (Å²) in [6, 6.07) is 6.53. The van der Waals surface area contributed by atoms with Crippen LogP contribution in [0.4, 0.5) is 0 Å². The molecule has 152 valence electrons. The number of ether oxygens (including phenoxy) is 2. The number of hydrogen-bond acceptors (Lipinski definition) is 4. The van der Waals surface area contributed by atoms with Gasteiger partial charge in [0.15, 0.2) is 11.4 Å². The number of fused-ring (bicyclic) bond motifs is 5. The van der Waals surface area contributed by atoms with E-state index < -0.39 is 5.60 Å². The molecule has 3 aliphatic rings. The minimum atomic E-state index is -0.955. The molecule has 4 heteroatoms. The quantitative estimate of drug-likeness (QED) is 0.710. The maximum atomic E-state index is 12.8. The zero-order chi connectivity index (χ0) is 20.3. The first-order valence-electron chi connectivity index (χ1n) is 10.6. The van der Waals surface area contributed by atoms with Gasteiger partial charge in [-0.25, -0.2) is 0 Å². The van der Waals surface area contributed by atoms with E-state index in [9.17, 15) is 9.59 Å². The molecule has 0 aromatic heterocycles. The van der Waals surface area contributed by atoms with Gasteiger partial charge in [-0.2, -0.15) is 0 Å². The number of methoxy groups -OCH3 is 1. The van der Waals surface area contributed by atoms with E-state index >= 15 is 0 Å². The molecule has 3 aliphatic carbocycles. The smallest absolute Gasteiger partial charge is 0.303 e. The SMILES string of the molecule is COc1ccc2c(c1)CC[C@H]1[C@H]2[C@@H](C)C[C@]2(C)[C@H]1CC[C@@]2(OC(C)=O)C(C)=O. The third-order valence-corrected chi connectivity index (χ3v) is 8.23. The summed E-state index contributed by atoms with van der Waals surface area (Å²) in [5.74, 6) is 2.49. The lowest BCUT2D eigenvalue weighted by atomic mass is 9.50. The van der Waals surface area contributed by atoms with Crippen molar-refractivity contribution in [2.45, 2.75) is 71.3 Å². The Morgan fingerprint density at radius 1 is 1.18 bits per heavy atom. The highest BCUT2D eigenvalue weighted by Crippen LogP contribution is 2.67. The van der Waals surface area contributed by atoms with Gasteiger partial charge in [0.2, 0.25) is 0 Å². The first kappa shape index (κ1) is 19.5. The van der Waals surface area contributed by atoms with Crippen LogP contribution < -0.4 is 4.74 Å². The molecule has 0 spiro atoms. The van der Waals surface area contributed by atoms with Crippen LogP contribution in [0.15, 0.2) is 18.2 Å². The molecule has 4 nitrogen and oxygen atoms in total. The van der Waals surface area contributed by atoms with Crippen molar-refractivity contribution < 1.29 is 19.1 Å². The molecule has 2 fully saturated rings.